The molecule has 0 radical (unpaired) electrons. The van der Waals surface area contributed by atoms with Crippen LogP contribution in [-0.4, -0.2) is 52.5 Å². The number of piperidine rings is 1. The molecular formula is C24H32N2O6S. The Morgan fingerprint density at radius 1 is 1.00 bits per heavy atom. The van der Waals surface area contributed by atoms with Crippen LogP contribution in [0.4, 0.5) is 0 Å². The Bertz CT molecular complexity index is 1080. The first kappa shape index (κ1) is 24.9. The maximum Gasteiger partial charge on any atom is 0.258 e. The quantitative estimate of drug-likeness (QED) is 0.596. The number of hydrogen-bond donors (Lipinski definition) is 1. The van der Waals surface area contributed by atoms with Crippen molar-refractivity contribution in [1.82, 2.24) is 9.62 Å². The van der Waals surface area contributed by atoms with Gasteiger partial charge in [0.1, 0.15) is 5.75 Å². The monoisotopic (exact) mass is 476 g/mol. The number of benzene rings is 2. The SMILES string of the molecule is COc1ccc([C@@H](C)NC(=O)COc2ccc(S(=O)(=O)N3CCCCC3)cc2C)cc1OC. The molecule has 0 unspecified atom stereocenters. The van der Waals surface area contributed by atoms with Crippen LogP contribution in [0, 0.1) is 6.92 Å². The Kier molecular flexibility index (Phi) is 8.20. The summed E-state index contributed by atoms with van der Waals surface area (Å²) in [5, 5.41) is 2.89. The van der Waals surface area contributed by atoms with Crippen molar-refractivity contribution < 1.29 is 27.4 Å². The molecule has 2 aromatic rings. The number of hydrogen-bond acceptors (Lipinski definition) is 6. The summed E-state index contributed by atoms with van der Waals surface area (Å²) < 4.78 is 43.5. The first-order valence-electron chi connectivity index (χ1n) is 11.0. The summed E-state index contributed by atoms with van der Waals surface area (Å²) in [7, 11) is -0.384. The van der Waals surface area contributed by atoms with Gasteiger partial charge in [-0.3, -0.25) is 4.79 Å². The molecule has 1 fully saturated rings. The lowest BCUT2D eigenvalue weighted by molar-refractivity contribution is -0.123. The Balaban J connectivity index is 1.60. The molecule has 33 heavy (non-hydrogen) atoms. The van der Waals surface area contributed by atoms with Crippen molar-refractivity contribution in [3.63, 3.8) is 0 Å². The van der Waals surface area contributed by atoms with Crippen LogP contribution in [0.25, 0.3) is 0 Å². The summed E-state index contributed by atoms with van der Waals surface area (Å²) in [5.41, 5.74) is 1.53. The predicted molar refractivity (Wildman–Crippen MR) is 125 cm³/mol. The first-order chi connectivity index (χ1) is 15.8. The summed E-state index contributed by atoms with van der Waals surface area (Å²) in [4.78, 5) is 12.7. The van der Waals surface area contributed by atoms with Gasteiger partial charge in [-0.1, -0.05) is 12.5 Å². The van der Waals surface area contributed by atoms with Crippen molar-refractivity contribution >= 4 is 15.9 Å². The average Bonchev–Trinajstić information content (AvgIpc) is 2.83. The van der Waals surface area contributed by atoms with Gasteiger partial charge in [0.2, 0.25) is 10.0 Å². The molecule has 1 heterocycles. The highest BCUT2D eigenvalue weighted by molar-refractivity contribution is 7.89. The second-order valence-corrected chi connectivity index (χ2v) is 10.0. The summed E-state index contributed by atoms with van der Waals surface area (Å²) in [6.45, 7) is 4.56. The van der Waals surface area contributed by atoms with Crippen LogP contribution >= 0.6 is 0 Å². The van der Waals surface area contributed by atoms with Crippen molar-refractivity contribution in [2.24, 2.45) is 0 Å². The molecule has 0 aliphatic carbocycles. The van der Waals surface area contributed by atoms with E-state index in [9.17, 15) is 13.2 Å². The number of carbonyl (C=O) groups is 1. The van der Waals surface area contributed by atoms with Gasteiger partial charge in [0.15, 0.2) is 18.1 Å². The number of nitrogens with zero attached hydrogens (tertiary/aromatic N) is 1. The zero-order chi connectivity index (χ0) is 24.0. The van der Waals surface area contributed by atoms with Crippen LogP contribution in [0.3, 0.4) is 0 Å². The van der Waals surface area contributed by atoms with E-state index < -0.39 is 10.0 Å². The normalized spacial score (nSPS) is 15.5. The zero-order valence-corrected chi connectivity index (χ0v) is 20.4. The molecular weight excluding hydrogens is 444 g/mol. The van der Waals surface area contributed by atoms with Gasteiger partial charge in [0.25, 0.3) is 5.91 Å². The van der Waals surface area contributed by atoms with E-state index in [1.807, 2.05) is 19.1 Å². The Hall–Kier alpha value is -2.78. The fourth-order valence-corrected chi connectivity index (χ4v) is 5.43. The third-order valence-electron chi connectivity index (χ3n) is 5.74. The predicted octanol–water partition coefficient (Wildman–Crippen LogP) is 3.44. The highest BCUT2D eigenvalue weighted by atomic mass is 32.2. The molecule has 1 aliphatic rings. The van der Waals surface area contributed by atoms with Crippen molar-refractivity contribution in [2.45, 2.75) is 44.0 Å². The van der Waals surface area contributed by atoms with E-state index in [-0.39, 0.29) is 23.5 Å². The van der Waals surface area contributed by atoms with E-state index in [2.05, 4.69) is 5.32 Å². The Morgan fingerprint density at radius 2 is 1.67 bits per heavy atom. The number of aryl methyl sites for hydroxylation is 1. The van der Waals surface area contributed by atoms with E-state index in [0.717, 1.165) is 24.8 Å². The van der Waals surface area contributed by atoms with E-state index in [1.165, 1.54) is 10.4 Å². The van der Waals surface area contributed by atoms with Gasteiger partial charge in [-0.15, -0.1) is 0 Å². The maximum absolute atomic E-state index is 12.9. The minimum atomic E-state index is -3.51. The fraction of sp³-hybridized carbons (Fsp3) is 0.458. The zero-order valence-electron chi connectivity index (χ0n) is 19.6. The van der Waals surface area contributed by atoms with Gasteiger partial charge >= 0.3 is 0 Å². The van der Waals surface area contributed by atoms with Crippen LogP contribution < -0.4 is 19.5 Å². The molecule has 3 rings (SSSR count). The first-order valence-corrected chi connectivity index (χ1v) is 12.4. The van der Waals surface area contributed by atoms with Crippen LogP contribution in [0.15, 0.2) is 41.3 Å². The maximum atomic E-state index is 12.9. The number of methoxy groups -OCH3 is 2. The second kappa shape index (κ2) is 10.9. The number of carbonyl (C=O) groups excluding carboxylic acids is 1. The van der Waals surface area contributed by atoms with Crippen molar-refractivity contribution in [2.75, 3.05) is 33.9 Å². The molecule has 0 aromatic heterocycles. The van der Waals surface area contributed by atoms with E-state index in [1.54, 1.807) is 39.3 Å². The molecule has 0 bridgehead atoms. The van der Waals surface area contributed by atoms with Gasteiger partial charge in [-0.25, -0.2) is 8.42 Å². The van der Waals surface area contributed by atoms with Crippen LogP contribution in [0.5, 0.6) is 17.2 Å². The van der Waals surface area contributed by atoms with E-state index in [4.69, 9.17) is 14.2 Å². The number of rotatable bonds is 9. The summed E-state index contributed by atoms with van der Waals surface area (Å²) in [5.74, 6) is 1.38. The molecule has 0 saturated carbocycles. The van der Waals surface area contributed by atoms with Gasteiger partial charge in [-0.05, 0) is 68.1 Å². The highest BCUT2D eigenvalue weighted by Crippen LogP contribution is 2.30. The minimum Gasteiger partial charge on any atom is -0.493 e. The third kappa shape index (κ3) is 5.97. The number of amides is 1. The number of ether oxygens (including phenoxy) is 3. The number of sulfonamides is 1. The van der Waals surface area contributed by atoms with Gasteiger partial charge in [0, 0.05) is 13.1 Å². The molecule has 2 aromatic carbocycles. The summed E-state index contributed by atoms with van der Waals surface area (Å²) in [6.07, 6.45) is 2.83. The lowest BCUT2D eigenvalue weighted by Crippen LogP contribution is -2.35. The number of nitrogens with one attached hydrogen (secondary N) is 1. The summed E-state index contributed by atoms with van der Waals surface area (Å²) in [6, 6.07) is 9.95. The van der Waals surface area contributed by atoms with Gasteiger partial charge < -0.3 is 19.5 Å². The van der Waals surface area contributed by atoms with Crippen LogP contribution in [-0.2, 0) is 14.8 Å². The Labute approximate surface area is 195 Å². The molecule has 1 saturated heterocycles. The van der Waals surface area contributed by atoms with Gasteiger partial charge in [-0.2, -0.15) is 4.31 Å². The average molecular weight is 477 g/mol. The minimum absolute atomic E-state index is 0.184. The molecule has 9 heteroatoms. The third-order valence-corrected chi connectivity index (χ3v) is 7.64. The molecule has 1 aliphatic heterocycles. The molecule has 1 N–H and O–H groups in total. The van der Waals surface area contributed by atoms with Crippen LogP contribution in [0.2, 0.25) is 0 Å². The lowest BCUT2D eigenvalue weighted by atomic mass is 10.1. The van der Waals surface area contributed by atoms with Crippen molar-refractivity contribution in [3.05, 3.63) is 47.5 Å². The second-order valence-electron chi connectivity index (χ2n) is 8.08. The molecule has 1 atom stereocenters. The topological polar surface area (TPSA) is 94.2 Å². The summed E-state index contributed by atoms with van der Waals surface area (Å²) >= 11 is 0. The standard InChI is InChI=1S/C24H32N2O6S/c1-17-14-20(33(28,29)26-12-6-5-7-13-26)9-11-21(17)32-16-24(27)25-18(2)19-8-10-22(30-3)23(15-19)31-4/h8-11,14-15,18H,5-7,12-13,16H2,1-4H3,(H,25,27)/t18-/m1/s1. The van der Waals surface area contributed by atoms with Gasteiger partial charge in [0.05, 0.1) is 25.2 Å². The molecule has 1 amide bonds. The molecule has 0 spiro atoms. The fourth-order valence-electron chi connectivity index (χ4n) is 3.83. The highest BCUT2D eigenvalue weighted by Gasteiger charge is 2.26. The van der Waals surface area contributed by atoms with E-state index in [0.29, 0.717) is 35.9 Å². The molecule has 8 nitrogen and oxygen atoms in total. The van der Waals surface area contributed by atoms with Crippen molar-refractivity contribution in [3.8, 4) is 17.2 Å². The van der Waals surface area contributed by atoms with Crippen LogP contribution in [0.1, 0.15) is 43.4 Å². The molecule has 180 valence electrons. The van der Waals surface area contributed by atoms with E-state index >= 15 is 0 Å². The Morgan fingerprint density at radius 3 is 2.30 bits per heavy atom. The lowest BCUT2D eigenvalue weighted by Gasteiger charge is -2.26. The van der Waals surface area contributed by atoms with Crippen molar-refractivity contribution in [1.29, 1.82) is 0 Å². The largest absolute Gasteiger partial charge is 0.493 e. The smallest absolute Gasteiger partial charge is 0.258 e.